The average Bonchev–Trinajstić information content (AvgIpc) is 3.24. The van der Waals surface area contributed by atoms with Crippen molar-refractivity contribution >= 4 is 33.4 Å². The van der Waals surface area contributed by atoms with Crippen molar-refractivity contribution in [2.45, 2.75) is 39.3 Å². The van der Waals surface area contributed by atoms with E-state index in [1.165, 1.54) is 10.9 Å². The maximum Gasteiger partial charge on any atom is 0.348 e. The number of carbonyl (C=O) groups excluding carboxylic acids is 2. The molecule has 1 amide bonds. The number of carbonyl (C=O) groups is 2. The molecule has 3 heterocycles. The van der Waals surface area contributed by atoms with E-state index in [0.29, 0.717) is 27.2 Å². The van der Waals surface area contributed by atoms with Crippen molar-refractivity contribution in [3.05, 3.63) is 27.1 Å². The first-order chi connectivity index (χ1) is 12.5. The molecule has 1 N–H and O–H groups in total. The van der Waals surface area contributed by atoms with Gasteiger partial charge in [-0.1, -0.05) is 0 Å². The highest BCUT2D eigenvalue weighted by atomic mass is 32.1. The fraction of sp³-hybridized carbons (Fsp3) is 0.529. The van der Waals surface area contributed by atoms with Gasteiger partial charge in [0.2, 0.25) is 5.91 Å². The van der Waals surface area contributed by atoms with E-state index in [1.54, 1.807) is 13.8 Å². The quantitative estimate of drug-likeness (QED) is 0.758. The number of aromatic nitrogens is 2. The highest BCUT2D eigenvalue weighted by molar-refractivity contribution is 7.20. The smallest absolute Gasteiger partial charge is 0.348 e. The predicted molar refractivity (Wildman–Crippen MR) is 96.6 cm³/mol. The van der Waals surface area contributed by atoms with Gasteiger partial charge in [-0.2, -0.15) is 0 Å². The molecule has 3 rings (SSSR count). The molecule has 2 aromatic rings. The van der Waals surface area contributed by atoms with Gasteiger partial charge < -0.3 is 14.8 Å². The topological polar surface area (TPSA) is 99.5 Å². The summed E-state index contributed by atoms with van der Waals surface area (Å²) in [6, 6.07) is 0. The lowest BCUT2D eigenvalue weighted by molar-refractivity contribution is -0.122. The van der Waals surface area contributed by atoms with Crippen molar-refractivity contribution in [1.82, 2.24) is 14.9 Å². The number of amides is 1. The van der Waals surface area contributed by atoms with Gasteiger partial charge in [-0.25, -0.2) is 9.78 Å². The van der Waals surface area contributed by atoms with Gasteiger partial charge in [0.05, 0.1) is 24.4 Å². The maximum absolute atomic E-state index is 12.7. The Morgan fingerprint density at radius 3 is 3.00 bits per heavy atom. The zero-order chi connectivity index (χ0) is 18.7. The first-order valence-corrected chi connectivity index (χ1v) is 9.36. The Morgan fingerprint density at radius 2 is 2.31 bits per heavy atom. The SMILES string of the molecule is CCOC(=O)c1sc2ncn(CC(=O)NC[C@H]3CCCO3)c(=O)c2c1C. The van der Waals surface area contributed by atoms with Crippen LogP contribution in [0.3, 0.4) is 0 Å². The van der Waals surface area contributed by atoms with Gasteiger partial charge in [0, 0.05) is 13.2 Å². The van der Waals surface area contributed by atoms with Crippen molar-refractivity contribution in [1.29, 1.82) is 0 Å². The second-order valence-corrected chi connectivity index (χ2v) is 7.07. The average molecular weight is 379 g/mol. The highest BCUT2D eigenvalue weighted by Crippen LogP contribution is 2.27. The summed E-state index contributed by atoms with van der Waals surface area (Å²) in [4.78, 5) is 41.9. The summed E-state index contributed by atoms with van der Waals surface area (Å²) < 4.78 is 11.7. The summed E-state index contributed by atoms with van der Waals surface area (Å²) in [6.45, 7) is 4.71. The minimum atomic E-state index is -0.465. The second kappa shape index (κ2) is 7.96. The van der Waals surface area contributed by atoms with Crippen LogP contribution in [0.15, 0.2) is 11.1 Å². The molecule has 1 fully saturated rings. The van der Waals surface area contributed by atoms with Crippen LogP contribution in [0.1, 0.15) is 35.0 Å². The molecule has 26 heavy (non-hydrogen) atoms. The summed E-state index contributed by atoms with van der Waals surface area (Å²) in [5.41, 5.74) is 0.196. The number of fused-ring (bicyclic) bond motifs is 1. The second-order valence-electron chi connectivity index (χ2n) is 6.07. The lowest BCUT2D eigenvalue weighted by atomic mass is 10.2. The van der Waals surface area contributed by atoms with Gasteiger partial charge in [-0.15, -0.1) is 11.3 Å². The normalized spacial score (nSPS) is 16.8. The molecule has 0 saturated carbocycles. The van der Waals surface area contributed by atoms with Gasteiger partial charge in [-0.3, -0.25) is 14.2 Å². The molecule has 0 aromatic carbocycles. The molecule has 0 aliphatic carbocycles. The first kappa shape index (κ1) is 18.5. The number of hydrogen-bond donors (Lipinski definition) is 1. The third-order valence-electron chi connectivity index (χ3n) is 4.24. The van der Waals surface area contributed by atoms with Crippen LogP contribution in [0.25, 0.3) is 10.2 Å². The van der Waals surface area contributed by atoms with Gasteiger partial charge in [0.15, 0.2) is 0 Å². The van der Waals surface area contributed by atoms with E-state index in [1.807, 2.05) is 0 Å². The summed E-state index contributed by atoms with van der Waals surface area (Å²) in [6.07, 6.45) is 3.31. The Kier molecular flexibility index (Phi) is 5.67. The molecular formula is C17H21N3O5S. The van der Waals surface area contributed by atoms with E-state index >= 15 is 0 Å². The molecule has 0 bridgehead atoms. The van der Waals surface area contributed by atoms with Crippen LogP contribution in [0.2, 0.25) is 0 Å². The fourth-order valence-corrected chi connectivity index (χ4v) is 3.94. The summed E-state index contributed by atoms with van der Waals surface area (Å²) in [7, 11) is 0. The van der Waals surface area contributed by atoms with Crippen LogP contribution in [-0.2, 0) is 20.8 Å². The maximum atomic E-state index is 12.7. The van der Waals surface area contributed by atoms with Crippen LogP contribution in [-0.4, -0.2) is 47.3 Å². The Labute approximate surface area is 154 Å². The van der Waals surface area contributed by atoms with Gasteiger partial charge >= 0.3 is 5.97 Å². The van der Waals surface area contributed by atoms with E-state index in [0.717, 1.165) is 30.8 Å². The van der Waals surface area contributed by atoms with Crippen molar-refractivity contribution in [2.24, 2.45) is 0 Å². The molecule has 1 aliphatic rings. The van der Waals surface area contributed by atoms with Crippen molar-refractivity contribution < 1.29 is 19.1 Å². The number of hydrogen-bond acceptors (Lipinski definition) is 7. The van der Waals surface area contributed by atoms with Gasteiger partial charge in [0.1, 0.15) is 16.3 Å². The Hall–Kier alpha value is -2.26. The molecular weight excluding hydrogens is 358 g/mol. The minimum Gasteiger partial charge on any atom is -0.462 e. The highest BCUT2D eigenvalue weighted by Gasteiger charge is 2.21. The third-order valence-corrected chi connectivity index (χ3v) is 5.42. The van der Waals surface area contributed by atoms with Gasteiger partial charge in [0.25, 0.3) is 5.56 Å². The molecule has 140 valence electrons. The molecule has 0 spiro atoms. The number of nitrogens with zero attached hydrogens (tertiary/aromatic N) is 2. The fourth-order valence-electron chi connectivity index (χ4n) is 2.91. The molecule has 1 aliphatic heterocycles. The number of esters is 1. The van der Waals surface area contributed by atoms with Crippen LogP contribution >= 0.6 is 11.3 Å². The zero-order valence-corrected chi connectivity index (χ0v) is 15.6. The van der Waals surface area contributed by atoms with E-state index in [-0.39, 0.29) is 30.7 Å². The lowest BCUT2D eigenvalue weighted by Crippen LogP contribution is -2.36. The summed E-state index contributed by atoms with van der Waals surface area (Å²) in [5.74, 6) is -0.740. The standard InChI is InChI=1S/C17H21N3O5S/c1-3-24-17(23)14-10(2)13-15(26-14)19-9-20(16(13)22)8-12(21)18-7-11-5-4-6-25-11/h9,11H,3-8H2,1-2H3,(H,18,21)/t11-/m1/s1. The summed E-state index contributed by atoms with van der Waals surface area (Å²) in [5, 5.41) is 3.13. The number of aryl methyl sites for hydroxylation is 1. The van der Waals surface area contributed by atoms with E-state index in [4.69, 9.17) is 9.47 Å². The van der Waals surface area contributed by atoms with E-state index in [2.05, 4.69) is 10.3 Å². The molecule has 2 aromatic heterocycles. The predicted octanol–water partition coefficient (Wildman–Crippen LogP) is 1.24. The van der Waals surface area contributed by atoms with Crippen molar-refractivity contribution in [2.75, 3.05) is 19.8 Å². The number of ether oxygens (including phenoxy) is 2. The minimum absolute atomic E-state index is 0.0440. The number of thiophene rings is 1. The molecule has 1 atom stereocenters. The Balaban J connectivity index is 1.78. The molecule has 0 unspecified atom stereocenters. The monoisotopic (exact) mass is 379 g/mol. The molecule has 1 saturated heterocycles. The van der Waals surface area contributed by atoms with Crippen LogP contribution in [0.5, 0.6) is 0 Å². The van der Waals surface area contributed by atoms with E-state index < -0.39 is 5.97 Å². The van der Waals surface area contributed by atoms with Crippen LogP contribution < -0.4 is 10.9 Å². The zero-order valence-electron chi connectivity index (χ0n) is 14.7. The van der Waals surface area contributed by atoms with Crippen molar-refractivity contribution in [3.63, 3.8) is 0 Å². The van der Waals surface area contributed by atoms with Crippen LogP contribution in [0.4, 0.5) is 0 Å². The lowest BCUT2D eigenvalue weighted by Gasteiger charge is -2.11. The third kappa shape index (κ3) is 3.78. The largest absolute Gasteiger partial charge is 0.462 e. The number of nitrogens with one attached hydrogen (secondary N) is 1. The summed E-state index contributed by atoms with van der Waals surface area (Å²) >= 11 is 1.12. The Morgan fingerprint density at radius 1 is 1.50 bits per heavy atom. The number of rotatable bonds is 6. The molecule has 0 radical (unpaired) electrons. The van der Waals surface area contributed by atoms with Gasteiger partial charge in [-0.05, 0) is 32.3 Å². The molecule has 9 heteroatoms. The van der Waals surface area contributed by atoms with Crippen LogP contribution in [0, 0.1) is 6.92 Å². The van der Waals surface area contributed by atoms with E-state index in [9.17, 15) is 14.4 Å². The van der Waals surface area contributed by atoms with Crippen molar-refractivity contribution in [3.8, 4) is 0 Å². The Bertz CT molecular complexity index is 882. The first-order valence-electron chi connectivity index (χ1n) is 8.55. The molecule has 8 nitrogen and oxygen atoms in total.